The molecule has 14 nitrogen and oxygen atoms in total. The van der Waals surface area contributed by atoms with Crippen molar-refractivity contribution in [1.29, 1.82) is 0 Å². The molecule has 14 heteroatoms. The zero-order chi connectivity index (χ0) is 34.4. The first-order chi connectivity index (χ1) is 22.1. The van der Waals surface area contributed by atoms with E-state index in [2.05, 4.69) is 0 Å². The van der Waals surface area contributed by atoms with E-state index in [4.69, 9.17) is 24.1 Å². The molecule has 0 amide bonds. The summed E-state index contributed by atoms with van der Waals surface area (Å²) in [4.78, 5) is 52.1. The number of rotatable bonds is 9. The van der Waals surface area contributed by atoms with Crippen LogP contribution >= 0.6 is 0 Å². The monoisotopic (exact) mass is 655 g/mol. The average molecular weight is 656 g/mol. The molecule has 47 heavy (non-hydrogen) atoms. The molecule has 1 aliphatic carbocycles. The molecule has 0 unspecified atom stereocenters. The van der Waals surface area contributed by atoms with Crippen molar-refractivity contribution in [3.63, 3.8) is 0 Å². The first-order valence-electron chi connectivity index (χ1n) is 15.0. The number of hydrogen-bond acceptors (Lipinski definition) is 13. The normalized spacial score (nSPS) is 27.3. The number of nitrogens with zero attached hydrogens (tertiary/aromatic N) is 1. The Balaban J connectivity index is 1.38. The van der Waals surface area contributed by atoms with Gasteiger partial charge < -0.3 is 49.4 Å². The maximum atomic E-state index is 13.2. The topological polar surface area (TPSA) is 210 Å². The van der Waals surface area contributed by atoms with Gasteiger partial charge in [-0.1, -0.05) is 36.4 Å². The second-order valence-corrected chi connectivity index (χ2v) is 12.2. The van der Waals surface area contributed by atoms with Gasteiger partial charge >= 0.3 is 23.9 Å². The zero-order valence-corrected chi connectivity index (χ0v) is 26.2. The van der Waals surface area contributed by atoms with Crippen LogP contribution in [0.1, 0.15) is 49.5 Å². The number of aryl methyl sites for hydroxylation is 1. The number of carboxylic acids is 1. The number of fused-ring (bicyclic) bond motifs is 1. The summed E-state index contributed by atoms with van der Waals surface area (Å²) in [5, 5.41) is 53.4. The highest BCUT2D eigenvalue weighted by Gasteiger charge is 2.69. The highest BCUT2D eigenvalue weighted by Crippen LogP contribution is 2.62. The number of carboxylic acid groups (broad SMARTS) is 1. The first-order valence-corrected chi connectivity index (χ1v) is 15.0. The van der Waals surface area contributed by atoms with Crippen LogP contribution in [0.5, 0.6) is 11.5 Å². The highest BCUT2D eigenvalue weighted by molar-refractivity contribution is 5.88. The highest BCUT2D eigenvalue weighted by atomic mass is 16.6. The maximum absolute atomic E-state index is 13.2. The van der Waals surface area contributed by atoms with E-state index in [9.17, 15) is 39.6 Å². The number of aliphatic carboxylic acids is 1. The Bertz CT molecular complexity index is 1610. The van der Waals surface area contributed by atoms with Crippen molar-refractivity contribution in [2.24, 2.45) is 0 Å². The Morgan fingerprint density at radius 2 is 1.66 bits per heavy atom. The summed E-state index contributed by atoms with van der Waals surface area (Å²) >= 11 is 0. The fourth-order valence-electron chi connectivity index (χ4n) is 6.79. The van der Waals surface area contributed by atoms with E-state index < -0.39 is 65.4 Å². The summed E-state index contributed by atoms with van der Waals surface area (Å²) in [6.07, 6.45) is -7.78. The largest absolute Gasteiger partial charge is 0.504 e. The number of likely N-dealkylation sites (N-methyl/N-ethyl adjacent to an activating group) is 1. The van der Waals surface area contributed by atoms with Crippen LogP contribution in [0, 0.1) is 6.92 Å². The van der Waals surface area contributed by atoms with Gasteiger partial charge in [0.05, 0.1) is 11.0 Å². The third-order valence-corrected chi connectivity index (χ3v) is 9.52. The third kappa shape index (κ3) is 5.60. The minimum Gasteiger partial charge on any atom is -0.504 e. The number of likely N-dealkylation sites (tertiary alicyclic amines) is 1. The molecule has 2 aliphatic heterocycles. The number of aromatic hydroxyl groups is 1. The molecule has 5 rings (SSSR count). The average Bonchev–Trinajstić information content (AvgIpc) is 3.42. The molecule has 1 spiro atoms. The van der Waals surface area contributed by atoms with Crippen molar-refractivity contribution < 1.29 is 63.7 Å². The van der Waals surface area contributed by atoms with E-state index in [1.54, 1.807) is 12.1 Å². The molecule has 8 atom stereocenters. The van der Waals surface area contributed by atoms with Crippen LogP contribution in [0.4, 0.5) is 0 Å². The third-order valence-electron chi connectivity index (χ3n) is 9.52. The molecule has 5 N–H and O–H groups in total. The van der Waals surface area contributed by atoms with Crippen LogP contribution in [0.15, 0.2) is 54.3 Å². The minimum absolute atomic E-state index is 0.00579. The van der Waals surface area contributed by atoms with E-state index in [1.807, 2.05) is 25.8 Å². The molecule has 2 aromatic carbocycles. The summed E-state index contributed by atoms with van der Waals surface area (Å²) in [5.41, 5.74) is -1.20. The van der Waals surface area contributed by atoms with Crippen molar-refractivity contribution in [1.82, 2.24) is 4.90 Å². The summed E-state index contributed by atoms with van der Waals surface area (Å²) in [6, 6.07) is 10.2. The molecule has 2 heterocycles. The number of piperidine rings is 1. The summed E-state index contributed by atoms with van der Waals surface area (Å²) in [7, 11) is 1.88. The van der Waals surface area contributed by atoms with E-state index in [0.717, 1.165) is 12.5 Å². The number of aliphatic hydroxyl groups excluding tert-OH is 2. The van der Waals surface area contributed by atoms with Gasteiger partial charge in [-0.3, -0.25) is 0 Å². The van der Waals surface area contributed by atoms with E-state index in [0.29, 0.717) is 18.5 Å². The van der Waals surface area contributed by atoms with Crippen LogP contribution in [0.2, 0.25) is 0 Å². The number of ether oxygens (including phenoxy) is 4. The standard InChI is InChI=1S/C33H37NO13/c1-16-10-11-20(35)26-22(16)32-14-15-34(4)18(3)33(32,43)13-12-21(27(32)46-26)45-29(40)23(36)24(37)30(41)47-25(19-8-6-5-7-9-19)31(42)44-17(2)28(38)39/h5-12,17-18,23-25,27,35-37,43H,13-15H2,1-4H3,(H,38,39)/t17-,18+,23+,24+,25-,27-,32-,33+/m0/s1. The quantitative estimate of drug-likeness (QED) is 0.189. The molecule has 1 fully saturated rings. The van der Waals surface area contributed by atoms with E-state index in [-0.39, 0.29) is 35.3 Å². The molecule has 0 bridgehead atoms. The lowest BCUT2D eigenvalue weighted by Gasteiger charge is -2.58. The minimum atomic E-state index is -2.54. The van der Waals surface area contributed by atoms with Crippen molar-refractivity contribution in [2.45, 2.75) is 81.2 Å². The second kappa shape index (κ2) is 12.6. The number of aliphatic hydroxyl groups is 3. The fraction of sp³-hybridized carbons (Fsp3) is 0.455. The predicted molar refractivity (Wildman–Crippen MR) is 160 cm³/mol. The first kappa shape index (κ1) is 33.9. The molecule has 0 radical (unpaired) electrons. The maximum Gasteiger partial charge on any atom is 0.353 e. The summed E-state index contributed by atoms with van der Waals surface area (Å²) in [6.45, 7) is 5.30. The number of carbonyl (C=O) groups is 4. The van der Waals surface area contributed by atoms with Gasteiger partial charge in [-0.25, -0.2) is 19.2 Å². The van der Waals surface area contributed by atoms with Gasteiger partial charge in [-0.05, 0) is 58.5 Å². The lowest BCUT2D eigenvalue weighted by atomic mass is 9.54. The van der Waals surface area contributed by atoms with Gasteiger partial charge in [0, 0.05) is 23.6 Å². The number of carbonyl (C=O) groups excluding carboxylic acids is 3. The van der Waals surface area contributed by atoms with Crippen molar-refractivity contribution >= 4 is 23.9 Å². The Labute approximate surface area is 269 Å². The smallest absolute Gasteiger partial charge is 0.353 e. The Hall–Kier alpha value is -4.50. The number of phenolic OH excluding ortho intramolecular Hbond substituents is 1. The van der Waals surface area contributed by atoms with Crippen LogP contribution in [-0.2, 0) is 38.8 Å². The van der Waals surface area contributed by atoms with Gasteiger partial charge in [0.2, 0.25) is 6.10 Å². The van der Waals surface area contributed by atoms with Crippen LogP contribution in [0.3, 0.4) is 0 Å². The number of hydrogen-bond donors (Lipinski definition) is 5. The van der Waals surface area contributed by atoms with Gasteiger partial charge in [0.25, 0.3) is 0 Å². The molecule has 1 saturated heterocycles. The van der Waals surface area contributed by atoms with Gasteiger partial charge in [-0.15, -0.1) is 0 Å². The Morgan fingerprint density at radius 3 is 2.32 bits per heavy atom. The summed E-state index contributed by atoms with van der Waals surface area (Å²) in [5.74, 6) is -5.91. The molecule has 0 saturated carbocycles. The molecular formula is C33H37NO13. The SMILES string of the molecule is Cc1ccc(O)c2c1[C@]13CCN(C)[C@H](C)[C@]1(O)CC=C(OC(=O)[C@H](O)[C@@H](O)C(=O)O[C@H](C(=O)O[C@@H](C)C(=O)O)c1ccccc1)[C@@H]3O2. The number of esters is 3. The molecular weight excluding hydrogens is 618 g/mol. The molecule has 3 aliphatic rings. The van der Waals surface area contributed by atoms with Crippen LogP contribution < -0.4 is 4.74 Å². The Kier molecular flexibility index (Phi) is 9.08. The van der Waals surface area contributed by atoms with E-state index >= 15 is 0 Å². The van der Waals surface area contributed by atoms with Gasteiger partial charge in [0.1, 0.15) is 5.76 Å². The fourth-order valence-corrected chi connectivity index (χ4v) is 6.79. The predicted octanol–water partition coefficient (Wildman–Crippen LogP) is 1.01. The lowest BCUT2D eigenvalue weighted by Crippen LogP contribution is -2.71. The van der Waals surface area contributed by atoms with Crippen molar-refractivity contribution in [3.8, 4) is 11.5 Å². The number of phenols is 1. The Morgan fingerprint density at radius 1 is 1.00 bits per heavy atom. The summed E-state index contributed by atoms with van der Waals surface area (Å²) < 4.78 is 21.7. The van der Waals surface area contributed by atoms with Crippen LogP contribution in [-0.4, -0.2) is 104 Å². The van der Waals surface area contributed by atoms with Crippen molar-refractivity contribution in [3.05, 3.63) is 71.0 Å². The van der Waals surface area contributed by atoms with Gasteiger partial charge in [-0.2, -0.15) is 0 Å². The van der Waals surface area contributed by atoms with Gasteiger partial charge in [0.15, 0.2) is 35.9 Å². The molecule has 2 aromatic rings. The van der Waals surface area contributed by atoms with E-state index in [1.165, 1.54) is 36.4 Å². The number of benzene rings is 2. The second-order valence-electron chi connectivity index (χ2n) is 12.2. The molecule has 0 aromatic heterocycles. The lowest BCUT2D eigenvalue weighted by molar-refractivity contribution is -0.186. The van der Waals surface area contributed by atoms with Crippen LogP contribution in [0.25, 0.3) is 0 Å². The van der Waals surface area contributed by atoms with Crippen molar-refractivity contribution in [2.75, 3.05) is 13.6 Å². The molecule has 252 valence electrons. The zero-order valence-electron chi connectivity index (χ0n) is 26.2.